The second-order valence-corrected chi connectivity index (χ2v) is 13.3. The molecule has 2 aliphatic heterocycles. The molecule has 18 heteroatoms. The van der Waals surface area contributed by atoms with E-state index in [2.05, 4.69) is 60.8 Å². The van der Waals surface area contributed by atoms with Gasteiger partial charge in [-0.3, -0.25) is 9.97 Å². The lowest BCUT2D eigenvalue weighted by atomic mass is 10.1. The van der Waals surface area contributed by atoms with Gasteiger partial charge in [-0.1, -0.05) is 27.5 Å². The first-order chi connectivity index (χ1) is 25.8. The van der Waals surface area contributed by atoms with Crippen LogP contribution < -0.4 is 9.80 Å². The van der Waals surface area contributed by atoms with Crippen LogP contribution in [0.2, 0.25) is 5.02 Å². The van der Waals surface area contributed by atoms with Crippen molar-refractivity contribution >= 4 is 39.2 Å². The number of phenols is 1. The van der Waals surface area contributed by atoms with Gasteiger partial charge in [0.1, 0.15) is 28.9 Å². The number of hydrogen-bond donors (Lipinski definition) is 1. The number of nitrogens with zero attached hydrogens (tertiary/aromatic N) is 11. The van der Waals surface area contributed by atoms with Gasteiger partial charge >= 0.3 is 0 Å². The van der Waals surface area contributed by atoms with Gasteiger partial charge < -0.3 is 24.4 Å². The minimum absolute atomic E-state index is 0.0740. The molecule has 53 heavy (non-hydrogen) atoms. The predicted octanol–water partition coefficient (Wildman–Crippen LogP) is 5.72. The smallest absolute Gasteiger partial charge is 0.183 e. The number of pyridine rings is 1. The fraction of sp³-hybridized carbons (Fsp3) is 0.229. The summed E-state index contributed by atoms with van der Waals surface area (Å²) in [4.78, 5) is 43.4. The normalized spacial score (nSPS) is 16.2. The van der Waals surface area contributed by atoms with E-state index in [0.29, 0.717) is 72.4 Å². The van der Waals surface area contributed by atoms with Crippen LogP contribution in [0.1, 0.15) is 11.7 Å². The molecule has 6 aromatic rings. The van der Waals surface area contributed by atoms with Crippen LogP contribution in [-0.2, 0) is 9.47 Å². The summed E-state index contributed by atoms with van der Waals surface area (Å²) in [6.45, 7) is 2.92. The van der Waals surface area contributed by atoms with E-state index < -0.39 is 17.7 Å². The molecule has 1 unspecified atom stereocenters. The molecule has 0 saturated carbocycles. The minimum Gasteiger partial charge on any atom is -0.506 e. The molecule has 2 saturated heterocycles. The molecule has 1 N–H and O–H groups in total. The Hall–Kier alpha value is -5.36. The Morgan fingerprint density at radius 3 is 2.19 bits per heavy atom. The SMILES string of the molecule is Oc1c(Cl)cc(Br)cc1-c1cncc(-c2ncc(F)c(N3CCOC(c4ccnc(-c5nccc(-c6ncc(F)c(N7CCOCC7)n6)n5)c4)C3)n2)n1. The van der Waals surface area contributed by atoms with Crippen molar-refractivity contribution in [2.75, 3.05) is 55.8 Å². The number of anilines is 2. The van der Waals surface area contributed by atoms with Crippen LogP contribution in [-0.4, -0.2) is 96.0 Å². The molecular formula is C35H27BrClF2N11O3. The molecule has 0 spiro atoms. The van der Waals surface area contributed by atoms with Gasteiger partial charge in [0.15, 0.2) is 40.7 Å². The van der Waals surface area contributed by atoms with Crippen LogP contribution in [0.15, 0.2) is 72.0 Å². The first kappa shape index (κ1) is 34.7. The molecule has 0 bridgehead atoms. The number of hydrogen-bond acceptors (Lipinski definition) is 14. The van der Waals surface area contributed by atoms with Crippen molar-refractivity contribution in [1.82, 2.24) is 44.9 Å². The van der Waals surface area contributed by atoms with Gasteiger partial charge in [0.25, 0.3) is 0 Å². The quantitative estimate of drug-likeness (QED) is 0.209. The summed E-state index contributed by atoms with van der Waals surface area (Å²) < 4.78 is 42.2. The van der Waals surface area contributed by atoms with Gasteiger partial charge in [0, 0.05) is 48.6 Å². The van der Waals surface area contributed by atoms with Gasteiger partial charge in [0.05, 0.1) is 55.3 Å². The highest BCUT2D eigenvalue weighted by atomic mass is 79.9. The lowest BCUT2D eigenvalue weighted by Gasteiger charge is -2.34. The summed E-state index contributed by atoms with van der Waals surface area (Å²) in [6.07, 6.45) is 7.88. The van der Waals surface area contributed by atoms with Crippen LogP contribution in [0.25, 0.3) is 45.8 Å². The molecule has 5 aromatic heterocycles. The maximum atomic E-state index is 15.3. The molecule has 268 valence electrons. The second kappa shape index (κ2) is 14.9. The highest BCUT2D eigenvalue weighted by molar-refractivity contribution is 9.10. The maximum Gasteiger partial charge on any atom is 0.183 e. The van der Waals surface area contributed by atoms with Crippen LogP contribution in [0.5, 0.6) is 5.75 Å². The van der Waals surface area contributed by atoms with Gasteiger partial charge in [0.2, 0.25) is 0 Å². The summed E-state index contributed by atoms with van der Waals surface area (Å²) in [5, 5.41) is 10.7. The third-order valence-electron chi connectivity index (χ3n) is 8.57. The number of morpholine rings is 2. The monoisotopic (exact) mass is 801 g/mol. The number of ether oxygens (including phenoxy) is 2. The topological polar surface area (TPSA) is 161 Å². The Balaban J connectivity index is 1.03. The van der Waals surface area contributed by atoms with Crippen LogP contribution in [0.4, 0.5) is 20.4 Å². The van der Waals surface area contributed by atoms with E-state index >= 15 is 4.39 Å². The average molecular weight is 803 g/mol. The van der Waals surface area contributed by atoms with E-state index in [4.69, 9.17) is 21.1 Å². The number of aromatic hydroxyl groups is 1. The fourth-order valence-electron chi connectivity index (χ4n) is 5.97. The van der Waals surface area contributed by atoms with Crippen molar-refractivity contribution < 1.29 is 23.4 Å². The van der Waals surface area contributed by atoms with Crippen LogP contribution in [0, 0.1) is 11.6 Å². The highest BCUT2D eigenvalue weighted by Gasteiger charge is 2.27. The molecule has 0 aliphatic carbocycles. The molecule has 14 nitrogen and oxygen atoms in total. The Labute approximate surface area is 314 Å². The third kappa shape index (κ3) is 7.33. The van der Waals surface area contributed by atoms with Crippen molar-refractivity contribution in [3.63, 3.8) is 0 Å². The molecular weight excluding hydrogens is 776 g/mol. The molecule has 0 amide bonds. The summed E-state index contributed by atoms with van der Waals surface area (Å²) in [7, 11) is 0. The molecule has 1 aromatic carbocycles. The van der Waals surface area contributed by atoms with Crippen molar-refractivity contribution in [1.29, 1.82) is 0 Å². The Bertz CT molecular complexity index is 2320. The van der Waals surface area contributed by atoms with E-state index in [-0.39, 0.29) is 46.3 Å². The maximum absolute atomic E-state index is 15.3. The number of phenolic OH excluding ortho intramolecular Hbond substituents is 1. The van der Waals surface area contributed by atoms with Crippen molar-refractivity contribution in [2.45, 2.75) is 6.10 Å². The van der Waals surface area contributed by atoms with Gasteiger partial charge in [-0.15, -0.1) is 0 Å². The average Bonchev–Trinajstić information content (AvgIpc) is 3.20. The van der Waals surface area contributed by atoms with E-state index in [1.54, 1.807) is 35.5 Å². The Kier molecular flexibility index (Phi) is 9.78. The van der Waals surface area contributed by atoms with Crippen LogP contribution >= 0.6 is 27.5 Å². The van der Waals surface area contributed by atoms with Gasteiger partial charge in [-0.2, -0.15) is 0 Å². The first-order valence-corrected chi connectivity index (χ1v) is 17.5. The summed E-state index contributed by atoms with van der Waals surface area (Å²) in [6, 6.07) is 8.50. The summed E-state index contributed by atoms with van der Waals surface area (Å²) in [5.74, 6) is -0.322. The molecule has 1 atom stereocenters. The molecule has 7 heterocycles. The zero-order valence-corrected chi connectivity index (χ0v) is 29.9. The predicted molar refractivity (Wildman–Crippen MR) is 193 cm³/mol. The number of aromatic nitrogens is 9. The zero-order valence-electron chi connectivity index (χ0n) is 27.6. The third-order valence-corrected chi connectivity index (χ3v) is 9.31. The minimum atomic E-state index is -0.615. The van der Waals surface area contributed by atoms with E-state index in [1.165, 1.54) is 12.4 Å². The molecule has 0 radical (unpaired) electrons. The van der Waals surface area contributed by atoms with E-state index in [0.717, 1.165) is 18.0 Å². The first-order valence-electron chi connectivity index (χ1n) is 16.4. The van der Waals surface area contributed by atoms with Gasteiger partial charge in [-0.25, -0.2) is 43.7 Å². The lowest BCUT2D eigenvalue weighted by Crippen LogP contribution is -2.39. The zero-order chi connectivity index (χ0) is 36.5. The van der Waals surface area contributed by atoms with E-state index in [9.17, 15) is 9.50 Å². The Morgan fingerprint density at radius 1 is 0.717 bits per heavy atom. The standard InChI is InChI=1S/C35H27BrClF2N11O3/c36-20-12-21(30(51)22(37)13-20)27-16-40-17-28(45-27)33-44-15-24(39)35(48-33)50-7-10-53-29(18-50)19-1-3-41-26(11-19)32-42-4-2-25(46-32)31-43-14-23(38)34(47-31)49-5-8-52-9-6-49/h1-4,11-17,29,51H,5-10,18H2. The molecule has 2 fully saturated rings. The molecule has 2 aliphatic rings. The second-order valence-electron chi connectivity index (χ2n) is 11.9. The summed E-state index contributed by atoms with van der Waals surface area (Å²) >= 11 is 9.55. The number of halogens is 4. The van der Waals surface area contributed by atoms with Gasteiger partial charge in [-0.05, 0) is 35.9 Å². The fourth-order valence-corrected chi connectivity index (χ4v) is 6.77. The van der Waals surface area contributed by atoms with Crippen molar-refractivity contribution in [2.24, 2.45) is 0 Å². The van der Waals surface area contributed by atoms with Crippen molar-refractivity contribution in [3.8, 4) is 51.6 Å². The lowest BCUT2D eigenvalue weighted by molar-refractivity contribution is 0.0392. The molecule has 8 rings (SSSR count). The highest BCUT2D eigenvalue weighted by Crippen LogP contribution is 2.38. The number of benzene rings is 1. The van der Waals surface area contributed by atoms with Crippen molar-refractivity contribution in [3.05, 3.63) is 94.2 Å². The van der Waals surface area contributed by atoms with Crippen LogP contribution in [0.3, 0.4) is 0 Å². The largest absolute Gasteiger partial charge is 0.506 e. The van der Waals surface area contributed by atoms with E-state index in [1.807, 2.05) is 17.0 Å². The Morgan fingerprint density at radius 2 is 1.40 bits per heavy atom. The number of rotatable bonds is 7. The summed E-state index contributed by atoms with van der Waals surface area (Å²) in [5.41, 5.74) is 2.59.